The van der Waals surface area contributed by atoms with Crippen molar-refractivity contribution in [2.24, 2.45) is 0 Å². The molecule has 0 saturated carbocycles. The Bertz CT molecular complexity index is 623. The zero-order chi connectivity index (χ0) is 14.8. The molecule has 0 amide bonds. The number of aromatic nitrogens is 1. The molecule has 1 N–H and O–H groups in total. The smallest absolute Gasteiger partial charge is 0.170 e. The largest absolute Gasteiger partial charge is 0.352 e. The van der Waals surface area contributed by atoms with Gasteiger partial charge in [0, 0.05) is 17.6 Å². The summed E-state index contributed by atoms with van der Waals surface area (Å²) in [4.78, 5) is 8.23. The Morgan fingerprint density at radius 3 is 2.86 bits per heavy atom. The van der Waals surface area contributed by atoms with Crippen LogP contribution in [-0.2, 0) is 0 Å². The highest BCUT2D eigenvalue weighted by atomic mass is 32.1. The molecule has 1 fully saturated rings. The molecule has 0 radical (unpaired) electrons. The highest BCUT2D eigenvalue weighted by Gasteiger charge is 2.40. The lowest BCUT2D eigenvalue weighted by Crippen LogP contribution is -2.30. The van der Waals surface area contributed by atoms with Gasteiger partial charge in [-0.15, -0.1) is 11.3 Å². The number of rotatable bonds is 4. The van der Waals surface area contributed by atoms with Crippen LogP contribution in [-0.4, -0.2) is 21.5 Å². The summed E-state index contributed by atoms with van der Waals surface area (Å²) in [5.41, 5.74) is 2.38. The summed E-state index contributed by atoms with van der Waals surface area (Å²) in [5.74, 6) is 0. The summed E-state index contributed by atoms with van der Waals surface area (Å²) in [6.45, 7) is 5.33. The van der Waals surface area contributed by atoms with E-state index in [1.54, 1.807) is 0 Å². The van der Waals surface area contributed by atoms with Gasteiger partial charge in [0.25, 0.3) is 0 Å². The molecule has 3 heterocycles. The van der Waals surface area contributed by atoms with Crippen molar-refractivity contribution < 1.29 is 0 Å². The highest BCUT2D eigenvalue weighted by Crippen LogP contribution is 2.41. The average Bonchev–Trinajstić information content (AvgIpc) is 3.05. The zero-order valence-electron chi connectivity index (χ0n) is 12.2. The van der Waals surface area contributed by atoms with Crippen LogP contribution in [0.15, 0.2) is 35.8 Å². The van der Waals surface area contributed by atoms with Gasteiger partial charge in [0.1, 0.15) is 0 Å². The minimum absolute atomic E-state index is 0.127. The third kappa shape index (κ3) is 2.68. The minimum atomic E-state index is 0.127. The molecule has 3 nitrogen and oxygen atoms in total. The fraction of sp³-hybridized carbons (Fsp3) is 0.375. The Balaban J connectivity index is 2.03. The molecule has 2 atom stereocenters. The van der Waals surface area contributed by atoms with Gasteiger partial charge in [-0.1, -0.05) is 13.0 Å². The number of pyridine rings is 1. The number of hydrogen-bond donors (Lipinski definition) is 1. The van der Waals surface area contributed by atoms with Crippen LogP contribution in [0.3, 0.4) is 0 Å². The van der Waals surface area contributed by atoms with E-state index in [2.05, 4.69) is 46.6 Å². The summed E-state index contributed by atoms with van der Waals surface area (Å²) in [7, 11) is 0. The number of thiophene rings is 1. The van der Waals surface area contributed by atoms with E-state index in [1.807, 2.05) is 29.7 Å². The quantitative estimate of drug-likeness (QED) is 0.867. The Kier molecular flexibility index (Phi) is 4.22. The van der Waals surface area contributed by atoms with Gasteiger partial charge in [-0.25, -0.2) is 0 Å². The van der Waals surface area contributed by atoms with E-state index in [4.69, 9.17) is 12.2 Å². The van der Waals surface area contributed by atoms with Crippen molar-refractivity contribution in [3.8, 4) is 0 Å². The predicted molar refractivity (Wildman–Crippen MR) is 91.5 cm³/mol. The average molecular weight is 317 g/mol. The molecule has 0 bridgehead atoms. The summed E-state index contributed by atoms with van der Waals surface area (Å²) in [5, 5.41) is 6.47. The third-order valence-corrected chi connectivity index (χ3v) is 5.27. The van der Waals surface area contributed by atoms with Crippen molar-refractivity contribution >= 4 is 28.7 Å². The maximum Gasteiger partial charge on any atom is 0.170 e. The standard InChI is InChI=1S/C16H19N3S2/c1-3-9-19-14(15-11(2)7-10-21-15)13(18-16(19)20)12-6-4-5-8-17-12/h4-8,10,13-14H,3,9H2,1-2H3,(H,18,20)/t13-,14+/m1/s1. The number of hydrogen-bond acceptors (Lipinski definition) is 3. The Morgan fingerprint density at radius 1 is 1.38 bits per heavy atom. The summed E-state index contributed by atoms with van der Waals surface area (Å²) in [6, 6.07) is 8.61. The highest BCUT2D eigenvalue weighted by molar-refractivity contribution is 7.80. The molecule has 0 unspecified atom stereocenters. The predicted octanol–water partition coefficient (Wildman–Crippen LogP) is 3.83. The van der Waals surface area contributed by atoms with Gasteiger partial charge in [-0.05, 0) is 54.7 Å². The van der Waals surface area contributed by atoms with E-state index < -0.39 is 0 Å². The normalized spacial score (nSPS) is 21.6. The molecule has 3 rings (SSSR count). The van der Waals surface area contributed by atoms with Gasteiger partial charge in [0.2, 0.25) is 0 Å². The van der Waals surface area contributed by atoms with Crippen molar-refractivity contribution in [3.63, 3.8) is 0 Å². The molecule has 21 heavy (non-hydrogen) atoms. The molecule has 2 aromatic rings. The van der Waals surface area contributed by atoms with Crippen molar-refractivity contribution in [1.29, 1.82) is 0 Å². The number of nitrogens with one attached hydrogen (secondary N) is 1. The van der Waals surface area contributed by atoms with E-state index >= 15 is 0 Å². The van der Waals surface area contributed by atoms with E-state index in [9.17, 15) is 0 Å². The number of aryl methyl sites for hydroxylation is 1. The number of thiocarbonyl (C=S) groups is 1. The fourth-order valence-corrected chi connectivity index (χ4v) is 4.27. The topological polar surface area (TPSA) is 28.2 Å². The van der Waals surface area contributed by atoms with Gasteiger partial charge in [0.15, 0.2) is 5.11 Å². The SMILES string of the molecule is CCCN1C(=S)N[C@H](c2ccccn2)[C@H]1c1sccc1C. The molecule has 1 aliphatic heterocycles. The first-order valence-corrected chi connectivity index (χ1v) is 8.53. The first kappa shape index (κ1) is 14.5. The van der Waals surface area contributed by atoms with Crippen molar-refractivity contribution in [2.75, 3.05) is 6.54 Å². The van der Waals surface area contributed by atoms with Crippen LogP contribution < -0.4 is 5.32 Å². The molecular formula is C16H19N3S2. The second-order valence-corrected chi connectivity index (χ2v) is 6.62. The van der Waals surface area contributed by atoms with Crippen LogP contribution in [0.5, 0.6) is 0 Å². The third-order valence-electron chi connectivity index (χ3n) is 3.83. The van der Waals surface area contributed by atoms with E-state index in [1.165, 1.54) is 10.4 Å². The van der Waals surface area contributed by atoms with Crippen molar-refractivity contribution in [2.45, 2.75) is 32.4 Å². The summed E-state index contributed by atoms with van der Waals surface area (Å²) >= 11 is 7.38. The van der Waals surface area contributed by atoms with Crippen LogP contribution in [0.25, 0.3) is 0 Å². The lowest BCUT2D eigenvalue weighted by atomic mass is 10.0. The fourth-order valence-electron chi connectivity index (χ4n) is 2.86. The zero-order valence-corrected chi connectivity index (χ0v) is 13.9. The van der Waals surface area contributed by atoms with Crippen LogP contribution >= 0.6 is 23.6 Å². The molecular weight excluding hydrogens is 298 g/mol. The van der Waals surface area contributed by atoms with Crippen LogP contribution in [0, 0.1) is 6.92 Å². The molecule has 0 spiro atoms. The van der Waals surface area contributed by atoms with E-state index in [0.717, 1.165) is 23.8 Å². The lowest BCUT2D eigenvalue weighted by molar-refractivity contribution is 0.321. The molecule has 2 aromatic heterocycles. The lowest BCUT2D eigenvalue weighted by Gasteiger charge is -2.27. The molecule has 110 valence electrons. The summed E-state index contributed by atoms with van der Waals surface area (Å²) < 4.78 is 0. The molecule has 1 saturated heterocycles. The van der Waals surface area contributed by atoms with Crippen LogP contribution in [0.4, 0.5) is 0 Å². The van der Waals surface area contributed by atoms with Crippen LogP contribution in [0.2, 0.25) is 0 Å². The Labute approximate surface area is 135 Å². The first-order chi connectivity index (χ1) is 10.2. The first-order valence-electron chi connectivity index (χ1n) is 7.24. The van der Waals surface area contributed by atoms with Gasteiger partial charge < -0.3 is 10.2 Å². The van der Waals surface area contributed by atoms with Gasteiger partial charge in [-0.3, -0.25) is 4.98 Å². The van der Waals surface area contributed by atoms with Gasteiger partial charge in [0.05, 0.1) is 17.8 Å². The Morgan fingerprint density at radius 2 is 2.24 bits per heavy atom. The maximum atomic E-state index is 5.57. The van der Waals surface area contributed by atoms with Gasteiger partial charge in [-0.2, -0.15) is 0 Å². The minimum Gasteiger partial charge on any atom is -0.352 e. The molecule has 5 heteroatoms. The number of nitrogens with zero attached hydrogens (tertiary/aromatic N) is 2. The van der Waals surface area contributed by atoms with Gasteiger partial charge >= 0.3 is 0 Å². The Hall–Kier alpha value is -1.46. The van der Waals surface area contributed by atoms with Crippen molar-refractivity contribution in [3.05, 3.63) is 52.0 Å². The van der Waals surface area contributed by atoms with Crippen LogP contribution in [0.1, 0.15) is 41.6 Å². The molecule has 0 aliphatic carbocycles. The second kappa shape index (κ2) is 6.12. The van der Waals surface area contributed by atoms with Crippen molar-refractivity contribution in [1.82, 2.24) is 15.2 Å². The second-order valence-electron chi connectivity index (χ2n) is 5.29. The van der Waals surface area contributed by atoms with E-state index in [-0.39, 0.29) is 12.1 Å². The molecule has 0 aromatic carbocycles. The van der Waals surface area contributed by atoms with E-state index in [0.29, 0.717) is 0 Å². The summed E-state index contributed by atoms with van der Waals surface area (Å²) in [6.07, 6.45) is 2.93. The molecule has 1 aliphatic rings. The maximum absolute atomic E-state index is 5.57. The monoisotopic (exact) mass is 317 g/mol.